The van der Waals surface area contributed by atoms with Crippen LogP contribution in [0.1, 0.15) is 22.4 Å². The summed E-state index contributed by atoms with van der Waals surface area (Å²) in [4.78, 5) is 4.34. The highest BCUT2D eigenvalue weighted by molar-refractivity contribution is 9.10. The summed E-state index contributed by atoms with van der Waals surface area (Å²) >= 11 is 9.19. The van der Waals surface area contributed by atoms with Crippen LogP contribution in [0.3, 0.4) is 0 Å². The molecule has 66 valence electrons. The molecule has 1 heterocycles. The molecule has 0 aliphatic carbocycles. The Balaban J connectivity index is 3.40. The number of pyridine rings is 1. The van der Waals surface area contributed by atoms with Gasteiger partial charge in [0, 0.05) is 11.3 Å². The van der Waals surface area contributed by atoms with Crippen molar-refractivity contribution in [3.63, 3.8) is 0 Å². The molecule has 0 N–H and O–H groups in total. The first kappa shape index (κ1) is 10.0. The van der Waals surface area contributed by atoms with E-state index >= 15 is 0 Å². The summed E-state index contributed by atoms with van der Waals surface area (Å²) in [5, 5.41) is 0. The van der Waals surface area contributed by atoms with Gasteiger partial charge in [0.2, 0.25) is 0 Å². The first-order valence-corrected chi connectivity index (χ1v) is 5.08. The minimum atomic E-state index is 0.514. The van der Waals surface area contributed by atoms with Crippen LogP contribution >= 0.6 is 27.5 Å². The Morgan fingerprint density at radius 3 is 2.33 bits per heavy atom. The highest BCUT2D eigenvalue weighted by Gasteiger charge is 2.08. The molecule has 0 aliphatic heterocycles. The van der Waals surface area contributed by atoms with Gasteiger partial charge in [0.05, 0.1) is 5.88 Å². The van der Waals surface area contributed by atoms with Gasteiger partial charge >= 0.3 is 0 Å². The largest absolute Gasteiger partial charge is 0.246 e. The number of aryl methyl sites for hydroxylation is 1. The summed E-state index contributed by atoms with van der Waals surface area (Å²) in [5.41, 5.74) is 4.63. The van der Waals surface area contributed by atoms with E-state index in [9.17, 15) is 0 Å². The fraction of sp³-hybridized carbons (Fsp3) is 0.444. The minimum Gasteiger partial charge on any atom is -0.246 e. The maximum absolute atomic E-state index is 5.79. The number of aromatic nitrogens is 1. The van der Waals surface area contributed by atoms with Crippen molar-refractivity contribution in [1.82, 2.24) is 4.98 Å². The molecule has 0 spiro atoms. The number of hydrogen-bond acceptors (Lipinski definition) is 1. The molecule has 0 amide bonds. The van der Waals surface area contributed by atoms with Gasteiger partial charge in [-0.15, -0.1) is 11.6 Å². The van der Waals surface area contributed by atoms with Crippen molar-refractivity contribution in [1.29, 1.82) is 0 Å². The lowest BCUT2D eigenvalue weighted by Gasteiger charge is -2.10. The van der Waals surface area contributed by atoms with Gasteiger partial charge in [-0.1, -0.05) is 0 Å². The molecule has 1 rings (SSSR count). The SMILES string of the molecule is Cc1nc(Br)c(CCl)c(C)c1C. The van der Waals surface area contributed by atoms with Crippen molar-refractivity contribution in [3.8, 4) is 0 Å². The molecule has 0 bridgehead atoms. The van der Waals surface area contributed by atoms with Gasteiger partial charge in [-0.25, -0.2) is 4.98 Å². The molecule has 0 saturated heterocycles. The molecule has 0 unspecified atom stereocenters. The first-order chi connectivity index (χ1) is 5.57. The summed E-state index contributed by atoms with van der Waals surface area (Å²) in [6.07, 6.45) is 0. The van der Waals surface area contributed by atoms with Gasteiger partial charge in [0.15, 0.2) is 0 Å². The van der Waals surface area contributed by atoms with E-state index in [1.807, 2.05) is 6.92 Å². The molecule has 1 aromatic heterocycles. The van der Waals surface area contributed by atoms with Gasteiger partial charge in [-0.3, -0.25) is 0 Å². The summed E-state index contributed by atoms with van der Waals surface area (Å²) in [5.74, 6) is 0.514. The predicted molar refractivity (Wildman–Crippen MR) is 55.7 cm³/mol. The van der Waals surface area contributed by atoms with E-state index in [1.165, 1.54) is 11.1 Å². The molecule has 0 atom stereocenters. The Kier molecular flexibility index (Phi) is 3.13. The molecule has 3 heteroatoms. The standard InChI is InChI=1S/C9H11BrClN/c1-5-6(2)8(4-11)9(10)12-7(5)3/h4H2,1-3H3. The minimum absolute atomic E-state index is 0.514. The average Bonchev–Trinajstić information content (AvgIpc) is 2.01. The molecule has 0 aliphatic rings. The van der Waals surface area contributed by atoms with Gasteiger partial charge < -0.3 is 0 Å². The van der Waals surface area contributed by atoms with Crippen LogP contribution in [0.15, 0.2) is 4.60 Å². The zero-order valence-corrected chi connectivity index (χ0v) is 9.75. The molecule has 0 aromatic carbocycles. The number of halogens is 2. The zero-order valence-electron chi connectivity index (χ0n) is 7.41. The predicted octanol–water partition coefficient (Wildman–Crippen LogP) is 3.51. The number of nitrogens with zero attached hydrogens (tertiary/aromatic N) is 1. The maximum atomic E-state index is 5.79. The van der Waals surface area contributed by atoms with Crippen LogP contribution in [0, 0.1) is 20.8 Å². The number of rotatable bonds is 1. The van der Waals surface area contributed by atoms with Crippen LogP contribution < -0.4 is 0 Å². The van der Waals surface area contributed by atoms with Gasteiger partial charge in [0.1, 0.15) is 4.60 Å². The van der Waals surface area contributed by atoms with E-state index in [0.717, 1.165) is 15.9 Å². The number of alkyl halides is 1. The van der Waals surface area contributed by atoms with Crippen molar-refractivity contribution in [2.24, 2.45) is 0 Å². The van der Waals surface area contributed by atoms with Gasteiger partial charge in [0.25, 0.3) is 0 Å². The molecular formula is C9H11BrClN. The summed E-state index contributed by atoms with van der Waals surface area (Å²) in [6, 6.07) is 0. The highest BCUT2D eigenvalue weighted by atomic mass is 79.9. The average molecular weight is 249 g/mol. The Hall–Kier alpha value is -0.0800. The van der Waals surface area contributed by atoms with Crippen LogP contribution in [-0.4, -0.2) is 4.98 Å². The third-order valence-corrected chi connectivity index (χ3v) is 3.13. The van der Waals surface area contributed by atoms with E-state index < -0.39 is 0 Å². The third kappa shape index (κ3) is 1.64. The van der Waals surface area contributed by atoms with Crippen molar-refractivity contribution >= 4 is 27.5 Å². The Bertz CT molecular complexity index is 310. The van der Waals surface area contributed by atoms with Crippen molar-refractivity contribution in [3.05, 3.63) is 27.0 Å². The van der Waals surface area contributed by atoms with Crippen molar-refractivity contribution < 1.29 is 0 Å². The van der Waals surface area contributed by atoms with Crippen LogP contribution in [0.5, 0.6) is 0 Å². The Morgan fingerprint density at radius 2 is 1.83 bits per heavy atom. The van der Waals surface area contributed by atoms with Crippen LogP contribution in [0.4, 0.5) is 0 Å². The first-order valence-electron chi connectivity index (χ1n) is 3.76. The second-order valence-corrected chi connectivity index (χ2v) is 3.87. The van der Waals surface area contributed by atoms with E-state index in [0.29, 0.717) is 5.88 Å². The maximum Gasteiger partial charge on any atom is 0.111 e. The van der Waals surface area contributed by atoms with E-state index in [4.69, 9.17) is 11.6 Å². The van der Waals surface area contributed by atoms with Crippen LogP contribution in [0.25, 0.3) is 0 Å². The quantitative estimate of drug-likeness (QED) is 0.547. The molecule has 0 saturated carbocycles. The lowest BCUT2D eigenvalue weighted by molar-refractivity contribution is 1.05. The monoisotopic (exact) mass is 247 g/mol. The summed E-state index contributed by atoms with van der Waals surface area (Å²) in [6.45, 7) is 6.15. The fourth-order valence-corrected chi connectivity index (χ4v) is 2.30. The molecule has 0 radical (unpaired) electrons. The van der Waals surface area contributed by atoms with Crippen LogP contribution in [0.2, 0.25) is 0 Å². The second kappa shape index (κ2) is 3.75. The molecule has 0 fully saturated rings. The molecule has 1 nitrogen and oxygen atoms in total. The number of hydrogen-bond donors (Lipinski definition) is 0. The lowest BCUT2D eigenvalue weighted by atomic mass is 10.1. The summed E-state index contributed by atoms with van der Waals surface area (Å²) in [7, 11) is 0. The van der Waals surface area contributed by atoms with E-state index in [1.54, 1.807) is 0 Å². The van der Waals surface area contributed by atoms with E-state index in [-0.39, 0.29) is 0 Å². The molecule has 1 aromatic rings. The third-order valence-electron chi connectivity index (χ3n) is 2.21. The van der Waals surface area contributed by atoms with Crippen molar-refractivity contribution in [2.75, 3.05) is 0 Å². The molecular weight excluding hydrogens is 237 g/mol. The van der Waals surface area contributed by atoms with Crippen LogP contribution in [-0.2, 0) is 5.88 Å². The second-order valence-electron chi connectivity index (χ2n) is 2.85. The fourth-order valence-electron chi connectivity index (χ4n) is 1.11. The van der Waals surface area contributed by atoms with E-state index in [2.05, 4.69) is 34.8 Å². The highest BCUT2D eigenvalue weighted by Crippen LogP contribution is 2.24. The molecule has 12 heavy (non-hydrogen) atoms. The Labute approximate surface area is 86.3 Å². The lowest BCUT2D eigenvalue weighted by Crippen LogP contribution is -1.98. The van der Waals surface area contributed by atoms with Crippen molar-refractivity contribution in [2.45, 2.75) is 26.7 Å². The Morgan fingerprint density at radius 1 is 1.25 bits per heavy atom. The zero-order chi connectivity index (χ0) is 9.30. The summed E-state index contributed by atoms with van der Waals surface area (Å²) < 4.78 is 0.873. The smallest absolute Gasteiger partial charge is 0.111 e. The normalized spacial score (nSPS) is 10.4. The van der Waals surface area contributed by atoms with Gasteiger partial charge in [-0.05, 0) is 47.8 Å². The topological polar surface area (TPSA) is 12.9 Å². The van der Waals surface area contributed by atoms with Gasteiger partial charge in [-0.2, -0.15) is 0 Å².